The summed E-state index contributed by atoms with van der Waals surface area (Å²) in [6, 6.07) is 8.12. The van der Waals surface area contributed by atoms with Crippen LogP contribution in [-0.2, 0) is 12.4 Å². The molecule has 4 heterocycles. The van der Waals surface area contributed by atoms with Crippen LogP contribution in [-0.4, -0.2) is 42.0 Å². The molecule has 36 heavy (non-hydrogen) atoms. The average Bonchev–Trinajstić information content (AvgIpc) is 3.50. The van der Waals surface area contributed by atoms with E-state index in [9.17, 15) is 26.3 Å². The van der Waals surface area contributed by atoms with E-state index >= 15 is 0 Å². The average molecular weight is 505 g/mol. The van der Waals surface area contributed by atoms with E-state index < -0.39 is 29.3 Å². The van der Waals surface area contributed by atoms with Crippen molar-refractivity contribution in [2.24, 2.45) is 0 Å². The third-order valence-electron chi connectivity index (χ3n) is 5.27. The molecule has 0 aliphatic heterocycles. The summed E-state index contributed by atoms with van der Waals surface area (Å²) in [7, 11) is 1.39. The lowest BCUT2D eigenvalue weighted by Gasteiger charge is -2.14. The number of hydrogen-bond acceptors (Lipinski definition) is 6. The zero-order valence-electron chi connectivity index (χ0n) is 18.1. The van der Waals surface area contributed by atoms with Crippen molar-refractivity contribution in [1.29, 1.82) is 0 Å². The third kappa shape index (κ3) is 3.99. The van der Waals surface area contributed by atoms with E-state index in [0.717, 1.165) is 18.5 Å². The summed E-state index contributed by atoms with van der Waals surface area (Å²) < 4.78 is 87.8. The maximum atomic E-state index is 14.3. The van der Waals surface area contributed by atoms with Crippen molar-refractivity contribution in [1.82, 2.24) is 34.9 Å². The number of aromatic amines is 1. The number of rotatable bonds is 4. The Balaban J connectivity index is 1.64. The fourth-order valence-corrected chi connectivity index (χ4v) is 3.73. The Morgan fingerprint density at radius 2 is 1.61 bits per heavy atom. The van der Waals surface area contributed by atoms with Crippen LogP contribution in [0.4, 0.5) is 26.3 Å². The smallest absolute Gasteiger partial charge is 0.434 e. The number of fused-ring (bicyclic) bond motifs is 1. The zero-order valence-corrected chi connectivity index (χ0v) is 18.1. The molecule has 0 bridgehead atoms. The summed E-state index contributed by atoms with van der Waals surface area (Å²) in [6.45, 7) is 0. The molecule has 8 nitrogen and oxygen atoms in total. The SMILES string of the molecule is COc1nccc2c(-n3ncc(-c4nnc(-c5ccnc(C(F)(F)F)c5)[nH]4)c3C(F)(F)F)cccc12. The molecule has 0 amide bonds. The number of H-pyrrole nitrogens is 1. The van der Waals surface area contributed by atoms with Crippen LogP contribution in [0.3, 0.4) is 0 Å². The first-order valence-electron chi connectivity index (χ1n) is 10.1. The van der Waals surface area contributed by atoms with Crippen LogP contribution in [0, 0.1) is 0 Å². The molecular weight excluding hydrogens is 492 g/mol. The van der Waals surface area contributed by atoms with Gasteiger partial charge in [-0.05, 0) is 30.3 Å². The highest BCUT2D eigenvalue weighted by atomic mass is 19.4. The van der Waals surface area contributed by atoms with Gasteiger partial charge in [0.1, 0.15) is 5.69 Å². The van der Waals surface area contributed by atoms with Gasteiger partial charge in [-0.2, -0.15) is 31.4 Å². The highest BCUT2D eigenvalue weighted by Crippen LogP contribution is 2.39. The highest BCUT2D eigenvalue weighted by molar-refractivity contribution is 5.93. The van der Waals surface area contributed by atoms with Crippen molar-refractivity contribution < 1.29 is 31.1 Å². The molecular formula is C22H13F6N7O. The molecule has 1 N–H and O–H groups in total. The molecule has 0 atom stereocenters. The van der Waals surface area contributed by atoms with E-state index in [1.807, 2.05) is 0 Å². The highest BCUT2D eigenvalue weighted by Gasteiger charge is 2.40. The minimum Gasteiger partial charge on any atom is -0.481 e. The van der Waals surface area contributed by atoms with Crippen LogP contribution < -0.4 is 4.74 Å². The Labute approximate surface area is 197 Å². The summed E-state index contributed by atoms with van der Waals surface area (Å²) in [5.41, 5.74) is -2.72. The van der Waals surface area contributed by atoms with Gasteiger partial charge in [-0.25, -0.2) is 9.67 Å². The van der Waals surface area contributed by atoms with Crippen molar-refractivity contribution in [2.45, 2.75) is 12.4 Å². The number of halogens is 6. The van der Waals surface area contributed by atoms with Gasteiger partial charge in [0.2, 0.25) is 5.88 Å². The van der Waals surface area contributed by atoms with Crippen molar-refractivity contribution in [3.05, 3.63) is 66.4 Å². The molecule has 0 aliphatic rings. The number of alkyl halides is 6. The largest absolute Gasteiger partial charge is 0.481 e. The van der Waals surface area contributed by atoms with Crippen molar-refractivity contribution >= 4 is 10.8 Å². The summed E-state index contributed by atoms with van der Waals surface area (Å²) in [6.07, 6.45) is -6.31. The maximum Gasteiger partial charge on any atom is 0.434 e. The predicted octanol–water partition coefficient (Wildman–Crippen LogP) is 5.31. The number of pyridine rings is 2. The molecule has 1 aromatic carbocycles. The molecule has 4 aromatic heterocycles. The molecule has 0 saturated heterocycles. The van der Waals surface area contributed by atoms with Crippen molar-refractivity contribution in [3.63, 3.8) is 0 Å². The number of methoxy groups -OCH3 is 1. The van der Waals surface area contributed by atoms with Gasteiger partial charge in [0.25, 0.3) is 0 Å². The normalized spacial score (nSPS) is 12.3. The first-order valence-corrected chi connectivity index (χ1v) is 10.1. The number of aromatic nitrogens is 7. The van der Waals surface area contributed by atoms with E-state index in [0.29, 0.717) is 15.5 Å². The minimum atomic E-state index is -4.88. The lowest BCUT2D eigenvalue weighted by molar-refractivity contribution is -0.142. The maximum absolute atomic E-state index is 14.3. The van der Waals surface area contributed by atoms with Crippen molar-refractivity contribution in [2.75, 3.05) is 7.11 Å². The Kier molecular flexibility index (Phi) is 5.38. The van der Waals surface area contributed by atoms with Gasteiger partial charge in [-0.3, -0.25) is 4.98 Å². The summed E-state index contributed by atoms with van der Waals surface area (Å²) in [5.74, 6) is -0.265. The Morgan fingerprint density at radius 1 is 0.861 bits per heavy atom. The summed E-state index contributed by atoms with van der Waals surface area (Å²) in [4.78, 5) is 9.88. The second-order valence-corrected chi connectivity index (χ2v) is 7.46. The number of nitrogens with one attached hydrogen (secondary N) is 1. The standard InChI is InChI=1S/C22H13F6N7O/c1-36-20-13-3-2-4-15(12(13)6-8-30-20)35-17(22(26,27)28)14(10-31-35)19-32-18(33-34-19)11-5-7-29-16(9-11)21(23,24)25/h2-10H,1H3,(H,32,33,34). The quantitative estimate of drug-likeness (QED) is 0.333. The van der Waals surface area contributed by atoms with E-state index in [4.69, 9.17) is 4.74 Å². The Bertz CT molecular complexity index is 1570. The molecule has 0 aliphatic carbocycles. The lowest BCUT2D eigenvalue weighted by Crippen LogP contribution is -2.15. The van der Waals surface area contributed by atoms with Gasteiger partial charge >= 0.3 is 12.4 Å². The molecule has 14 heteroatoms. The fraction of sp³-hybridized carbons (Fsp3) is 0.136. The van der Waals surface area contributed by atoms with Gasteiger partial charge in [0.15, 0.2) is 17.3 Å². The summed E-state index contributed by atoms with van der Waals surface area (Å²) >= 11 is 0. The Hall–Kier alpha value is -4.49. The van der Waals surface area contributed by atoms with Crippen LogP contribution in [0.15, 0.2) is 55.0 Å². The van der Waals surface area contributed by atoms with Gasteiger partial charge in [0.05, 0.1) is 24.6 Å². The minimum absolute atomic E-state index is 0.0503. The van der Waals surface area contributed by atoms with Crippen LogP contribution in [0.5, 0.6) is 5.88 Å². The second kappa shape index (κ2) is 8.32. The lowest BCUT2D eigenvalue weighted by atomic mass is 10.1. The molecule has 184 valence electrons. The predicted molar refractivity (Wildman–Crippen MR) is 114 cm³/mol. The third-order valence-corrected chi connectivity index (χ3v) is 5.27. The second-order valence-electron chi connectivity index (χ2n) is 7.46. The number of ether oxygens (including phenoxy) is 1. The van der Waals surface area contributed by atoms with E-state index in [2.05, 4.69) is 30.2 Å². The molecule has 0 unspecified atom stereocenters. The topological polar surface area (TPSA) is 94.4 Å². The Morgan fingerprint density at radius 3 is 2.33 bits per heavy atom. The molecule has 5 rings (SSSR count). The van der Waals surface area contributed by atoms with Gasteiger partial charge in [-0.1, -0.05) is 6.07 Å². The molecule has 5 aromatic rings. The fourth-order valence-electron chi connectivity index (χ4n) is 3.73. The molecule has 0 fully saturated rings. The van der Waals surface area contributed by atoms with Gasteiger partial charge < -0.3 is 9.72 Å². The first kappa shape index (κ1) is 23.3. The van der Waals surface area contributed by atoms with Crippen LogP contribution in [0.25, 0.3) is 39.2 Å². The molecule has 0 radical (unpaired) electrons. The molecule has 0 saturated carbocycles. The molecule has 0 spiro atoms. The van der Waals surface area contributed by atoms with Gasteiger partial charge in [-0.15, -0.1) is 10.2 Å². The summed E-state index contributed by atoms with van der Waals surface area (Å²) in [5, 5.41) is 12.3. The number of nitrogens with zero attached hydrogens (tertiary/aromatic N) is 6. The monoisotopic (exact) mass is 505 g/mol. The van der Waals surface area contributed by atoms with Crippen LogP contribution >= 0.6 is 0 Å². The first-order chi connectivity index (χ1) is 17.1. The number of benzene rings is 1. The van der Waals surface area contributed by atoms with Crippen molar-refractivity contribution in [3.8, 4) is 34.3 Å². The number of hydrogen-bond donors (Lipinski definition) is 1. The van der Waals surface area contributed by atoms with E-state index in [1.165, 1.54) is 37.6 Å². The van der Waals surface area contributed by atoms with E-state index in [-0.39, 0.29) is 28.8 Å². The van der Waals surface area contributed by atoms with Crippen LogP contribution in [0.1, 0.15) is 11.4 Å². The van der Waals surface area contributed by atoms with E-state index in [1.54, 1.807) is 6.07 Å². The zero-order chi connectivity index (χ0) is 25.7. The van der Waals surface area contributed by atoms with Crippen LogP contribution in [0.2, 0.25) is 0 Å². The van der Waals surface area contributed by atoms with Gasteiger partial charge in [0, 0.05) is 28.7 Å².